The van der Waals surface area contributed by atoms with Crippen LogP contribution in [-0.2, 0) is 0 Å². The molecule has 0 atom stereocenters. The lowest BCUT2D eigenvalue weighted by atomic mass is 10.1. The molecule has 4 heteroatoms. The van der Waals surface area contributed by atoms with Crippen LogP contribution in [-0.4, -0.2) is 45.8 Å². The topological polar surface area (TPSA) is 16.6 Å². The van der Waals surface area contributed by atoms with Gasteiger partial charge in [0.05, 0.1) is 41.3 Å². The van der Waals surface area contributed by atoms with Crippen LogP contribution < -0.4 is 30.1 Å². The largest absolute Gasteiger partial charge is 1.00 e. The lowest BCUT2D eigenvalue weighted by Crippen LogP contribution is -3.00. The quantitative estimate of drug-likeness (QED) is 0.279. The first-order valence-electron chi connectivity index (χ1n) is 10.1. The van der Waals surface area contributed by atoms with Crippen LogP contribution in [0.4, 0.5) is 0 Å². The van der Waals surface area contributed by atoms with Crippen LogP contribution >= 0.6 is 0 Å². The number of hydrogen-bond donors (Lipinski definition) is 1. The molecule has 0 saturated heterocycles. The van der Waals surface area contributed by atoms with Gasteiger partial charge in [-0.1, -0.05) is 65.2 Å². The Kier molecular flexibility index (Phi) is 34.5. The highest BCUT2D eigenvalue weighted by Crippen LogP contribution is 2.11. The lowest BCUT2D eigenvalue weighted by Gasteiger charge is -2.30. The molecular formula is C20H48Cl2N2. The highest BCUT2D eigenvalue weighted by atomic mass is 35.5. The van der Waals surface area contributed by atoms with Gasteiger partial charge in [-0.25, -0.2) is 0 Å². The van der Waals surface area contributed by atoms with E-state index in [1.165, 1.54) is 94.6 Å². The monoisotopic (exact) mass is 386 g/mol. The zero-order chi connectivity index (χ0) is 17.1. The van der Waals surface area contributed by atoms with Crippen LogP contribution in [0.2, 0.25) is 0 Å². The maximum Gasteiger partial charge on any atom is 0.0782 e. The molecule has 0 aliphatic carbocycles. The van der Waals surface area contributed by atoms with Crippen molar-refractivity contribution in [2.75, 3.05) is 41.3 Å². The molecule has 0 bridgehead atoms. The van der Waals surface area contributed by atoms with Crippen LogP contribution in [0.25, 0.3) is 0 Å². The zero-order valence-electron chi connectivity index (χ0n) is 17.7. The summed E-state index contributed by atoms with van der Waals surface area (Å²) in [5, 5.41) is 2.00. The Morgan fingerprint density at radius 2 is 0.792 bits per heavy atom. The van der Waals surface area contributed by atoms with E-state index in [4.69, 9.17) is 0 Å². The second-order valence-electron chi connectivity index (χ2n) is 7.50. The fourth-order valence-corrected chi connectivity index (χ4v) is 2.75. The molecule has 0 aliphatic heterocycles. The van der Waals surface area contributed by atoms with E-state index in [9.17, 15) is 0 Å². The molecule has 0 aliphatic rings. The third-order valence-electron chi connectivity index (χ3n) is 4.23. The predicted molar refractivity (Wildman–Crippen MR) is 102 cm³/mol. The van der Waals surface area contributed by atoms with Crippen molar-refractivity contribution in [2.45, 2.75) is 90.9 Å². The van der Waals surface area contributed by atoms with E-state index >= 15 is 0 Å². The summed E-state index contributed by atoms with van der Waals surface area (Å²) in [6.45, 7) is 7.34. The Morgan fingerprint density at radius 1 is 0.542 bits per heavy atom. The van der Waals surface area contributed by atoms with E-state index in [0.717, 1.165) is 0 Å². The van der Waals surface area contributed by atoms with Gasteiger partial charge in [-0.2, -0.15) is 0 Å². The normalized spacial score (nSPS) is 10.2. The summed E-state index contributed by atoms with van der Waals surface area (Å²) in [5.74, 6) is 0. The molecule has 0 spiro atoms. The van der Waals surface area contributed by atoms with Crippen molar-refractivity contribution in [3.8, 4) is 0 Å². The molecule has 0 aromatic carbocycles. The molecule has 152 valence electrons. The van der Waals surface area contributed by atoms with Gasteiger partial charge in [-0.05, 0) is 25.7 Å². The van der Waals surface area contributed by atoms with Gasteiger partial charge in [-0.3, -0.25) is 0 Å². The summed E-state index contributed by atoms with van der Waals surface area (Å²) in [4.78, 5) is 0. The molecule has 2 N–H and O–H groups in total. The standard InChI is InChI=1S/C18H40N.C2H7N.2ClH/c1-5-7-9-11-13-15-17-19(3,4)18-16-14-12-10-8-6-2;1-3-2;;/h5-18H2,1-4H3;3H,1-2H3;2*1H/q+1;;;/p-1. The average Bonchev–Trinajstić information content (AvgIpc) is 2.47. The summed E-state index contributed by atoms with van der Waals surface area (Å²) in [7, 11) is 8.83. The van der Waals surface area contributed by atoms with Crippen molar-refractivity contribution < 1.29 is 34.6 Å². The van der Waals surface area contributed by atoms with E-state index in [2.05, 4.69) is 27.9 Å². The van der Waals surface area contributed by atoms with Crippen LogP contribution in [0, 0.1) is 0 Å². The Bertz CT molecular complexity index is 182. The molecule has 0 fully saturated rings. The van der Waals surface area contributed by atoms with Gasteiger partial charge in [0.2, 0.25) is 0 Å². The molecule has 0 radical (unpaired) electrons. The number of nitrogens with zero attached hydrogens (tertiary/aromatic N) is 1. The predicted octanol–water partition coefficient (Wildman–Crippen LogP) is -1.40. The molecule has 0 aromatic heterocycles. The molecule has 24 heavy (non-hydrogen) atoms. The first-order chi connectivity index (χ1) is 10.5. The van der Waals surface area contributed by atoms with Gasteiger partial charge >= 0.3 is 0 Å². The van der Waals surface area contributed by atoms with E-state index < -0.39 is 0 Å². The van der Waals surface area contributed by atoms with Gasteiger partial charge in [0.15, 0.2) is 0 Å². The van der Waals surface area contributed by atoms with Crippen LogP contribution in [0.1, 0.15) is 90.9 Å². The van der Waals surface area contributed by atoms with Crippen LogP contribution in [0.15, 0.2) is 0 Å². The zero-order valence-corrected chi connectivity index (χ0v) is 19.2. The lowest BCUT2D eigenvalue weighted by molar-refractivity contribution is -0.890. The second-order valence-corrected chi connectivity index (χ2v) is 7.50. The number of unbranched alkanes of at least 4 members (excludes halogenated alkanes) is 10. The van der Waals surface area contributed by atoms with Crippen molar-refractivity contribution in [3.05, 3.63) is 0 Å². The number of quaternary nitrogens is 2. The van der Waals surface area contributed by atoms with Crippen molar-refractivity contribution >= 4 is 0 Å². The van der Waals surface area contributed by atoms with Gasteiger partial charge in [0.25, 0.3) is 0 Å². The van der Waals surface area contributed by atoms with E-state index in [-0.39, 0.29) is 24.8 Å². The van der Waals surface area contributed by atoms with Gasteiger partial charge in [0, 0.05) is 0 Å². The SMILES string of the molecule is CCCCCCCC[N+](C)(C)CCCCCCCC.C[NH2+]C.[Cl-].[Cl-]. The third kappa shape index (κ3) is 30.4. The highest BCUT2D eigenvalue weighted by Gasteiger charge is 2.13. The number of halogens is 2. The third-order valence-corrected chi connectivity index (χ3v) is 4.23. The summed E-state index contributed by atoms with van der Waals surface area (Å²) < 4.78 is 1.24. The number of rotatable bonds is 14. The summed E-state index contributed by atoms with van der Waals surface area (Å²) >= 11 is 0. The molecule has 0 saturated carbocycles. The fraction of sp³-hybridized carbons (Fsp3) is 1.00. The number of nitrogens with two attached hydrogens (primary N) is 1. The maximum atomic E-state index is 2.41. The summed E-state index contributed by atoms with van der Waals surface area (Å²) in [6, 6.07) is 0. The Labute approximate surface area is 167 Å². The minimum Gasteiger partial charge on any atom is -1.00 e. The molecule has 0 unspecified atom stereocenters. The average molecular weight is 388 g/mol. The van der Waals surface area contributed by atoms with Crippen LogP contribution in [0.5, 0.6) is 0 Å². The molecule has 0 heterocycles. The highest BCUT2D eigenvalue weighted by molar-refractivity contribution is 4.46. The molecule has 0 amide bonds. The van der Waals surface area contributed by atoms with Gasteiger partial charge < -0.3 is 34.6 Å². The Morgan fingerprint density at radius 3 is 1.08 bits per heavy atom. The number of hydrogen-bond acceptors (Lipinski definition) is 0. The van der Waals surface area contributed by atoms with Crippen LogP contribution in [0.3, 0.4) is 0 Å². The molecule has 2 nitrogen and oxygen atoms in total. The minimum absolute atomic E-state index is 0. The second kappa shape index (κ2) is 25.7. The Hall–Kier alpha value is 0.500. The minimum atomic E-state index is 0. The van der Waals surface area contributed by atoms with Crippen molar-refractivity contribution in [3.63, 3.8) is 0 Å². The van der Waals surface area contributed by atoms with E-state index in [0.29, 0.717) is 0 Å². The smallest absolute Gasteiger partial charge is 0.0782 e. The molecule has 0 rings (SSSR count). The first-order valence-corrected chi connectivity index (χ1v) is 10.1. The van der Waals surface area contributed by atoms with E-state index in [1.807, 2.05) is 19.4 Å². The fourth-order valence-electron chi connectivity index (χ4n) is 2.75. The maximum absolute atomic E-state index is 2.41. The van der Waals surface area contributed by atoms with E-state index in [1.54, 1.807) is 0 Å². The van der Waals surface area contributed by atoms with Gasteiger partial charge in [0.1, 0.15) is 0 Å². The Balaban J connectivity index is -0.000000370. The summed E-state index contributed by atoms with van der Waals surface area (Å²) in [6.07, 6.45) is 17.1. The first kappa shape index (κ1) is 32.2. The molecule has 0 aromatic rings. The molecular weight excluding hydrogens is 339 g/mol. The van der Waals surface area contributed by atoms with Crippen molar-refractivity contribution in [1.29, 1.82) is 0 Å². The van der Waals surface area contributed by atoms with Gasteiger partial charge in [-0.15, -0.1) is 0 Å². The van der Waals surface area contributed by atoms with Crippen molar-refractivity contribution in [1.82, 2.24) is 0 Å². The van der Waals surface area contributed by atoms with Crippen molar-refractivity contribution in [2.24, 2.45) is 0 Å². The summed E-state index contributed by atoms with van der Waals surface area (Å²) in [5.41, 5.74) is 0.